The summed E-state index contributed by atoms with van der Waals surface area (Å²) in [5, 5.41) is 11.6. The van der Waals surface area contributed by atoms with E-state index in [2.05, 4.69) is 0 Å². The second-order valence-corrected chi connectivity index (χ2v) is 9.39. The molecule has 1 aliphatic rings. The molecule has 0 saturated carbocycles. The highest BCUT2D eigenvalue weighted by Gasteiger charge is 2.24. The van der Waals surface area contributed by atoms with E-state index in [1.807, 2.05) is 30.3 Å². The number of hydrogen-bond donors (Lipinski definition) is 1. The van der Waals surface area contributed by atoms with Crippen LogP contribution in [0.5, 0.6) is 0 Å². The number of fused-ring (bicyclic) bond motifs is 3. The fourth-order valence-corrected chi connectivity index (χ4v) is 5.59. The van der Waals surface area contributed by atoms with E-state index >= 15 is 0 Å². The van der Waals surface area contributed by atoms with Gasteiger partial charge in [-0.05, 0) is 57.2 Å². The molecule has 1 N–H and O–H groups in total. The molecule has 6 heteroatoms. The fourth-order valence-electron chi connectivity index (χ4n) is 3.33. The van der Waals surface area contributed by atoms with Crippen molar-refractivity contribution >= 4 is 33.3 Å². The lowest BCUT2D eigenvalue weighted by Crippen LogP contribution is -2.25. The Morgan fingerprint density at radius 3 is 2.69 bits per heavy atom. The average molecular weight is 387 g/mol. The number of rotatable bonds is 4. The van der Waals surface area contributed by atoms with Crippen LogP contribution < -0.4 is 5.56 Å². The van der Waals surface area contributed by atoms with Crippen molar-refractivity contribution < 1.29 is 5.11 Å². The minimum atomic E-state index is -0.826. The van der Waals surface area contributed by atoms with E-state index in [9.17, 15) is 9.90 Å². The molecular formula is C20H22N2O2S2. The van der Waals surface area contributed by atoms with Gasteiger partial charge < -0.3 is 5.11 Å². The molecule has 2 heterocycles. The van der Waals surface area contributed by atoms with Crippen molar-refractivity contribution in [1.29, 1.82) is 0 Å². The molecule has 0 amide bonds. The molecule has 1 aliphatic carbocycles. The lowest BCUT2D eigenvalue weighted by molar-refractivity contribution is 0.107. The molecule has 4 nitrogen and oxygen atoms in total. The third-order valence-electron chi connectivity index (χ3n) is 4.53. The molecule has 2 aromatic heterocycles. The zero-order chi connectivity index (χ0) is 18.3. The Kier molecular flexibility index (Phi) is 4.67. The lowest BCUT2D eigenvalue weighted by Gasteiger charge is -2.18. The summed E-state index contributed by atoms with van der Waals surface area (Å²) in [7, 11) is 0. The second-order valence-electron chi connectivity index (χ2n) is 7.36. The maximum atomic E-state index is 13.5. The Balaban J connectivity index is 1.95. The molecule has 1 aromatic carbocycles. The van der Waals surface area contributed by atoms with Crippen molar-refractivity contribution in [2.75, 3.05) is 5.75 Å². The monoisotopic (exact) mass is 386 g/mol. The van der Waals surface area contributed by atoms with Crippen molar-refractivity contribution in [1.82, 2.24) is 9.55 Å². The van der Waals surface area contributed by atoms with Gasteiger partial charge in [0.25, 0.3) is 5.56 Å². The number of para-hydroxylation sites is 1. The van der Waals surface area contributed by atoms with Crippen LogP contribution in [0.1, 0.15) is 37.1 Å². The molecule has 136 valence electrons. The van der Waals surface area contributed by atoms with Gasteiger partial charge in [0.05, 0.1) is 16.7 Å². The van der Waals surface area contributed by atoms with Crippen molar-refractivity contribution in [2.24, 2.45) is 0 Å². The first kappa shape index (κ1) is 17.8. The van der Waals surface area contributed by atoms with Gasteiger partial charge in [0.1, 0.15) is 4.83 Å². The highest BCUT2D eigenvalue weighted by atomic mass is 32.2. The summed E-state index contributed by atoms with van der Waals surface area (Å²) in [6.07, 6.45) is 4.34. The Morgan fingerprint density at radius 1 is 1.23 bits per heavy atom. The number of nitrogens with zero attached hydrogens (tertiary/aromatic N) is 2. The van der Waals surface area contributed by atoms with Crippen LogP contribution in [0.3, 0.4) is 0 Å². The second kappa shape index (κ2) is 6.83. The maximum Gasteiger partial charge on any atom is 0.267 e. The first-order valence-corrected chi connectivity index (χ1v) is 10.7. The van der Waals surface area contributed by atoms with E-state index in [0.717, 1.165) is 35.2 Å². The number of thioether (sulfide) groups is 1. The largest absolute Gasteiger partial charge is 0.390 e. The predicted molar refractivity (Wildman–Crippen MR) is 109 cm³/mol. The smallest absolute Gasteiger partial charge is 0.267 e. The molecule has 0 bridgehead atoms. The van der Waals surface area contributed by atoms with Gasteiger partial charge >= 0.3 is 0 Å². The van der Waals surface area contributed by atoms with Crippen molar-refractivity contribution in [3.05, 3.63) is 51.1 Å². The van der Waals surface area contributed by atoms with Crippen LogP contribution in [0, 0.1) is 0 Å². The lowest BCUT2D eigenvalue weighted by atomic mass is 9.97. The normalized spacial score (nSPS) is 14.6. The number of aromatic nitrogens is 2. The van der Waals surface area contributed by atoms with E-state index in [0.29, 0.717) is 10.9 Å². The van der Waals surface area contributed by atoms with Crippen molar-refractivity contribution in [2.45, 2.75) is 50.3 Å². The van der Waals surface area contributed by atoms with Crippen LogP contribution >= 0.6 is 23.1 Å². The molecule has 0 atom stereocenters. The van der Waals surface area contributed by atoms with Gasteiger partial charge in [-0.25, -0.2) is 4.98 Å². The van der Waals surface area contributed by atoms with Crippen LogP contribution in [0.2, 0.25) is 0 Å². The molecule has 26 heavy (non-hydrogen) atoms. The minimum Gasteiger partial charge on any atom is -0.390 e. The Bertz CT molecular complexity index is 1000. The maximum absolute atomic E-state index is 13.5. The van der Waals surface area contributed by atoms with Crippen molar-refractivity contribution in [3.8, 4) is 5.69 Å². The molecular weight excluding hydrogens is 364 g/mol. The van der Waals surface area contributed by atoms with Gasteiger partial charge in [0, 0.05) is 10.6 Å². The van der Waals surface area contributed by atoms with Gasteiger partial charge in [-0.3, -0.25) is 9.36 Å². The molecule has 0 spiro atoms. The summed E-state index contributed by atoms with van der Waals surface area (Å²) in [5.41, 5.74) is 1.21. The molecule has 3 aromatic rings. The van der Waals surface area contributed by atoms with Crippen LogP contribution in [-0.2, 0) is 12.8 Å². The molecule has 0 radical (unpaired) electrons. The molecule has 0 saturated heterocycles. The fraction of sp³-hybridized carbons (Fsp3) is 0.400. The summed E-state index contributed by atoms with van der Waals surface area (Å²) >= 11 is 3.10. The summed E-state index contributed by atoms with van der Waals surface area (Å²) in [6, 6.07) is 9.67. The van der Waals surface area contributed by atoms with E-state index < -0.39 is 5.60 Å². The highest BCUT2D eigenvalue weighted by molar-refractivity contribution is 7.99. The van der Waals surface area contributed by atoms with Crippen LogP contribution in [-0.4, -0.2) is 26.0 Å². The Morgan fingerprint density at radius 2 is 1.96 bits per heavy atom. The van der Waals surface area contributed by atoms with E-state index in [1.165, 1.54) is 28.6 Å². The molecule has 0 aliphatic heterocycles. The van der Waals surface area contributed by atoms with E-state index in [4.69, 9.17) is 4.98 Å². The highest BCUT2D eigenvalue weighted by Crippen LogP contribution is 2.35. The van der Waals surface area contributed by atoms with Gasteiger partial charge in [0.2, 0.25) is 0 Å². The Labute approximate surface area is 160 Å². The number of benzene rings is 1. The summed E-state index contributed by atoms with van der Waals surface area (Å²) in [4.78, 5) is 20.5. The van der Waals surface area contributed by atoms with Crippen molar-refractivity contribution in [3.63, 3.8) is 0 Å². The number of aliphatic hydroxyl groups is 1. The van der Waals surface area contributed by atoms with E-state index in [1.54, 1.807) is 29.8 Å². The zero-order valence-corrected chi connectivity index (χ0v) is 16.6. The molecule has 0 unspecified atom stereocenters. The average Bonchev–Trinajstić information content (AvgIpc) is 2.98. The standard InChI is InChI=1S/C20H22N2O2S2/c1-20(2,24)12-25-19-21-17-16(14-10-6-7-11-15(14)26-17)18(23)22(19)13-8-4-3-5-9-13/h3-5,8-9,24H,6-7,10-12H2,1-2H3. The SMILES string of the molecule is CC(C)(O)CSc1nc2sc3c(c2c(=O)n1-c1ccccc1)CCCC3. The van der Waals surface area contributed by atoms with Crippen LogP contribution in [0.25, 0.3) is 15.9 Å². The third kappa shape index (κ3) is 3.33. The summed E-state index contributed by atoms with van der Waals surface area (Å²) in [5.74, 6) is 0.475. The van der Waals surface area contributed by atoms with E-state index in [-0.39, 0.29) is 5.56 Å². The summed E-state index contributed by atoms with van der Waals surface area (Å²) < 4.78 is 1.71. The van der Waals surface area contributed by atoms with Gasteiger partial charge in [-0.1, -0.05) is 30.0 Å². The van der Waals surface area contributed by atoms with Crippen LogP contribution in [0.15, 0.2) is 40.3 Å². The number of thiophene rings is 1. The number of aryl methyl sites for hydroxylation is 2. The third-order valence-corrected chi connectivity index (χ3v) is 7.10. The quantitative estimate of drug-likeness (QED) is 0.540. The zero-order valence-electron chi connectivity index (χ0n) is 15.0. The summed E-state index contributed by atoms with van der Waals surface area (Å²) in [6.45, 7) is 3.54. The van der Waals surface area contributed by atoms with Gasteiger partial charge in [-0.15, -0.1) is 11.3 Å². The van der Waals surface area contributed by atoms with Crippen LogP contribution in [0.4, 0.5) is 0 Å². The van der Waals surface area contributed by atoms with Gasteiger partial charge in [-0.2, -0.15) is 0 Å². The Hall–Kier alpha value is -1.63. The van der Waals surface area contributed by atoms with Gasteiger partial charge in [0.15, 0.2) is 5.16 Å². The first-order chi connectivity index (χ1) is 12.4. The predicted octanol–water partition coefficient (Wildman–Crippen LogP) is 4.19. The minimum absolute atomic E-state index is 0.0128. The number of hydrogen-bond acceptors (Lipinski definition) is 5. The first-order valence-electron chi connectivity index (χ1n) is 8.92. The molecule has 4 rings (SSSR count). The topological polar surface area (TPSA) is 55.1 Å². The molecule has 0 fully saturated rings.